The molecule has 12 heavy (non-hydrogen) atoms. The SMILES string of the molecule is CC(C)(C)OC(=O)SC(C)(C)C. The van der Waals surface area contributed by atoms with Crippen molar-refractivity contribution in [1.29, 1.82) is 0 Å². The Morgan fingerprint density at radius 3 is 1.75 bits per heavy atom. The van der Waals surface area contributed by atoms with Gasteiger partial charge in [0.25, 0.3) is 0 Å². The van der Waals surface area contributed by atoms with Gasteiger partial charge in [0, 0.05) is 4.75 Å². The van der Waals surface area contributed by atoms with Crippen molar-refractivity contribution in [2.75, 3.05) is 0 Å². The first kappa shape index (κ1) is 11.8. The lowest BCUT2D eigenvalue weighted by Gasteiger charge is -2.22. The van der Waals surface area contributed by atoms with E-state index in [9.17, 15) is 4.79 Å². The maximum absolute atomic E-state index is 11.2. The van der Waals surface area contributed by atoms with E-state index in [0.717, 1.165) is 0 Å². The molecule has 0 radical (unpaired) electrons. The second-order valence-corrected chi connectivity index (χ2v) is 6.44. The Hall–Kier alpha value is -0.180. The molecule has 72 valence electrons. The number of thioether (sulfide) groups is 1. The number of carbonyl (C=O) groups excluding carboxylic acids is 1. The predicted molar refractivity (Wildman–Crippen MR) is 53.6 cm³/mol. The van der Waals surface area contributed by atoms with Crippen molar-refractivity contribution in [1.82, 2.24) is 0 Å². The summed E-state index contributed by atoms with van der Waals surface area (Å²) in [5, 5.41) is -0.199. The summed E-state index contributed by atoms with van der Waals surface area (Å²) in [6, 6.07) is 0. The zero-order valence-electron chi connectivity index (χ0n) is 8.72. The number of carbonyl (C=O) groups is 1. The average molecular weight is 190 g/mol. The molecule has 0 N–H and O–H groups in total. The Balaban J connectivity index is 3.92. The van der Waals surface area contributed by atoms with Gasteiger partial charge in [0.15, 0.2) is 0 Å². The van der Waals surface area contributed by atoms with Crippen LogP contribution in [0.3, 0.4) is 0 Å². The van der Waals surface area contributed by atoms with E-state index in [0.29, 0.717) is 0 Å². The molecule has 0 aromatic carbocycles. The second-order valence-electron chi connectivity index (χ2n) is 4.68. The van der Waals surface area contributed by atoms with Gasteiger partial charge in [0.05, 0.1) is 0 Å². The Labute approximate surface area is 79.1 Å². The molecule has 0 saturated carbocycles. The van der Waals surface area contributed by atoms with Gasteiger partial charge in [-0.15, -0.1) is 0 Å². The summed E-state index contributed by atoms with van der Waals surface area (Å²) < 4.78 is 5.07. The van der Waals surface area contributed by atoms with E-state index in [1.807, 2.05) is 41.5 Å². The van der Waals surface area contributed by atoms with Crippen LogP contribution in [0.15, 0.2) is 0 Å². The van der Waals surface area contributed by atoms with Crippen molar-refractivity contribution in [3.8, 4) is 0 Å². The van der Waals surface area contributed by atoms with Crippen LogP contribution in [-0.2, 0) is 4.74 Å². The number of rotatable bonds is 0. The van der Waals surface area contributed by atoms with Crippen molar-refractivity contribution in [3.05, 3.63) is 0 Å². The van der Waals surface area contributed by atoms with Gasteiger partial charge < -0.3 is 4.74 Å². The fraction of sp³-hybridized carbons (Fsp3) is 0.889. The molecule has 3 heteroatoms. The van der Waals surface area contributed by atoms with Crippen LogP contribution < -0.4 is 0 Å². The Morgan fingerprint density at radius 1 is 1.08 bits per heavy atom. The lowest BCUT2D eigenvalue weighted by Crippen LogP contribution is -2.24. The van der Waals surface area contributed by atoms with E-state index >= 15 is 0 Å². The van der Waals surface area contributed by atoms with E-state index in [1.165, 1.54) is 11.8 Å². The molecule has 2 nitrogen and oxygen atoms in total. The molecule has 0 bridgehead atoms. The quantitative estimate of drug-likeness (QED) is 0.547. The zero-order chi connectivity index (χ0) is 9.99. The molecule has 0 aliphatic carbocycles. The smallest absolute Gasteiger partial charge is 0.368 e. The highest BCUT2D eigenvalue weighted by Gasteiger charge is 2.22. The van der Waals surface area contributed by atoms with E-state index < -0.39 is 0 Å². The van der Waals surface area contributed by atoms with E-state index in [-0.39, 0.29) is 15.6 Å². The first-order chi connectivity index (χ1) is 5.10. The Kier molecular flexibility index (Phi) is 3.63. The Bertz CT molecular complexity index is 144. The monoisotopic (exact) mass is 190 g/mol. The lowest BCUT2D eigenvalue weighted by molar-refractivity contribution is 0.0736. The van der Waals surface area contributed by atoms with Crippen molar-refractivity contribution < 1.29 is 9.53 Å². The van der Waals surface area contributed by atoms with Crippen molar-refractivity contribution in [2.45, 2.75) is 51.9 Å². The van der Waals surface area contributed by atoms with Crippen molar-refractivity contribution in [2.24, 2.45) is 0 Å². The molecule has 0 rings (SSSR count). The molecule has 0 heterocycles. The van der Waals surface area contributed by atoms with Crippen LogP contribution >= 0.6 is 11.8 Å². The fourth-order valence-electron chi connectivity index (χ4n) is 0.521. The predicted octanol–water partition coefficient (Wildman–Crippen LogP) is 3.45. The minimum Gasteiger partial charge on any atom is -0.452 e. The van der Waals surface area contributed by atoms with Crippen molar-refractivity contribution >= 4 is 17.1 Å². The van der Waals surface area contributed by atoms with Gasteiger partial charge in [0.1, 0.15) is 5.60 Å². The van der Waals surface area contributed by atoms with Gasteiger partial charge >= 0.3 is 5.30 Å². The fourth-order valence-corrected chi connectivity index (χ4v) is 1.31. The third-order valence-electron chi connectivity index (χ3n) is 0.779. The van der Waals surface area contributed by atoms with Crippen LogP contribution in [0.4, 0.5) is 4.79 Å². The highest BCUT2D eigenvalue weighted by molar-refractivity contribution is 8.14. The molecule has 0 unspecified atom stereocenters. The highest BCUT2D eigenvalue weighted by Crippen LogP contribution is 2.27. The van der Waals surface area contributed by atoms with E-state index in [1.54, 1.807) is 0 Å². The normalized spacial score (nSPS) is 12.8. The van der Waals surface area contributed by atoms with E-state index in [4.69, 9.17) is 4.74 Å². The maximum Gasteiger partial charge on any atom is 0.368 e. The average Bonchev–Trinajstić information content (AvgIpc) is 1.49. The first-order valence-electron chi connectivity index (χ1n) is 4.02. The summed E-state index contributed by atoms with van der Waals surface area (Å²) >= 11 is 1.22. The summed E-state index contributed by atoms with van der Waals surface area (Å²) in [5.41, 5.74) is -0.380. The van der Waals surface area contributed by atoms with Gasteiger partial charge in [-0.2, -0.15) is 0 Å². The zero-order valence-corrected chi connectivity index (χ0v) is 9.54. The van der Waals surface area contributed by atoms with Gasteiger partial charge in [-0.3, -0.25) is 0 Å². The van der Waals surface area contributed by atoms with Crippen molar-refractivity contribution in [3.63, 3.8) is 0 Å². The first-order valence-corrected chi connectivity index (χ1v) is 4.84. The molecule has 0 fully saturated rings. The summed E-state index contributed by atoms with van der Waals surface area (Å²) in [6.45, 7) is 11.6. The number of hydrogen-bond acceptors (Lipinski definition) is 3. The van der Waals surface area contributed by atoms with Crippen LogP contribution in [0.5, 0.6) is 0 Å². The third-order valence-corrected chi connectivity index (χ3v) is 1.64. The second kappa shape index (κ2) is 3.69. The van der Waals surface area contributed by atoms with Gasteiger partial charge in [-0.25, -0.2) is 4.79 Å². The molecule has 0 aliphatic rings. The number of hydrogen-bond donors (Lipinski definition) is 0. The maximum atomic E-state index is 11.2. The third kappa shape index (κ3) is 7.92. The summed E-state index contributed by atoms with van der Waals surface area (Å²) in [7, 11) is 0. The molecular weight excluding hydrogens is 172 g/mol. The van der Waals surface area contributed by atoms with Crippen LogP contribution in [0, 0.1) is 0 Å². The van der Waals surface area contributed by atoms with Gasteiger partial charge in [0.2, 0.25) is 0 Å². The molecule has 0 atom stereocenters. The van der Waals surface area contributed by atoms with Crippen LogP contribution in [0.2, 0.25) is 0 Å². The molecule has 0 saturated heterocycles. The summed E-state index contributed by atoms with van der Waals surface area (Å²) in [4.78, 5) is 11.2. The molecular formula is C9H18O2S. The topological polar surface area (TPSA) is 26.3 Å². The molecule has 0 aromatic rings. The lowest BCUT2D eigenvalue weighted by atomic mass is 10.2. The number of ether oxygens (including phenoxy) is 1. The minimum absolute atomic E-state index is 0.0671. The van der Waals surface area contributed by atoms with Gasteiger partial charge in [-0.1, -0.05) is 20.8 Å². The standard InChI is InChI=1S/C9H18O2S/c1-8(2,3)11-7(10)12-9(4,5)6/h1-6H3. The largest absolute Gasteiger partial charge is 0.452 e. The van der Waals surface area contributed by atoms with Gasteiger partial charge in [-0.05, 0) is 32.5 Å². The molecule has 0 spiro atoms. The van der Waals surface area contributed by atoms with Crippen LogP contribution in [0.25, 0.3) is 0 Å². The molecule has 0 amide bonds. The summed E-state index contributed by atoms with van der Waals surface area (Å²) in [5.74, 6) is 0. The molecule has 0 aromatic heterocycles. The molecule has 0 aliphatic heterocycles. The minimum atomic E-state index is -0.380. The Morgan fingerprint density at radius 2 is 1.50 bits per heavy atom. The van der Waals surface area contributed by atoms with E-state index in [2.05, 4.69) is 0 Å². The summed E-state index contributed by atoms with van der Waals surface area (Å²) in [6.07, 6.45) is 0. The van der Waals surface area contributed by atoms with Crippen LogP contribution in [-0.4, -0.2) is 15.6 Å². The highest BCUT2D eigenvalue weighted by atomic mass is 32.2. The van der Waals surface area contributed by atoms with Crippen LogP contribution in [0.1, 0.15) is 41.5 Å².